The number of carbonyl (C=O) groups is 1. The van der Waals surface area contributed by atoms with Crippen molar-refractivity contribution in [3.63, 3.8) is 0 Å². The Hall–Kier alpha value is -2.50. The SMILES string of the molecule is CC(C)[C@H](NC(=O)C1CC1)c1cc(N(C)C)nc(-c2ccncc2)n1. The van der Waals surface area contributed by atoms with Crippen LogP contribution in [0, 0.1) is 11.8 Å². The lowest BCUT2D eigenvalue weighted by Gasteiger charge is -2.24. The van der Waals surface area contributed by atoms with Crippen molar-refractivity contribution in [2.24, 2.45) is 11.8 Å². The highest BCUT2D eigenvalue weighted by molar-refractivity contribution is 5.81. The zero-order valence-corrected chi connectivity index (χ0v) is 15.2. The minimum atomic E-state index is -0.129. The van der Waals surface area contributed by atoms with Crippen molar-refractivity contribution in [1.29, 1.82) is 0 Å². The monoisotopic (exact) mass is 339 g/mol. The van der Waals surface area contributed by atoms with Gasteiger partial charge in [-0.05, 0) is 30.9 Å². The lowest BCUT2D eigenvalue weighted by atomic mass is 9.99. The molecule has 1 aliphatic carbocycles. The minimum absolute atomic E-state index is 0.129. The normalized spacial score (nSPS) is 15.1. The molecule has 0 unspecified atom stereocenters. The van der Waals surface area contributed by atoms with Crippen molar-refractivity contribution in [3.05, 3.63) is 36.3 Å². The van der Waals surface area contributed by atoms with Gasteiger partial charge in [0.1, 0.15) is 5.82 Å². The maximum Gasteiger partial charge on any atom is 0.223 e. The third kappa shape index (κ3) is 4.13. The number of aromatic nitrogens is 3. The summed E-state index contributed by atoms with van der Waals surface area (Å²) >= 11 is 0. The first-order chi connectivity index (χ1) is 12.0. The van der Waals surface area contributed by atoms with Gasteiger partial charge in [0.2, 0.25) is 5.91 Å². The Labute approximate surface area is 148 Å². The van der Waals surface area contributed by atoms with Crippen LogP contribution in [0.2, 0.25) is 0 Å². The van der Waals surface area contributed by atoms with Gasteiger partial charge in [0.15, 0.2) is 5.82 Å². The maximum atomic E-state index is 12.3. The third-order valence-electron chi connectivity index (χ3n) is 4.36. The predicted molar refractivity (Wildman–Crippen MR) is 98.0 cm³/mol. The molecule has 2 aromatic heterocycles. The van der Waals surface area contributed by atoms with Gasteiger partial charge in [0.05, 0.1) is 11.7 Å². The van der Waals surface area contributed by atoms with Crippen LogP contribution in [-0.2, 0) is 4.79 Å². The molecule has 0 radical (unpaired) electrons. The Kier molecular flexibility index (Phi) is 4.97. The molecule has 1 fully saturated rings. The molecule has 2 aromatic rings. The Balaban J connectivity index is 2.00. The van der Waals surface area contributed by atoms with Crippen molar-refractivity contribution in [2.45, 2.75) is 32.7 Å². The van der Waals surface area contributed by atoms with E-state index in [1.807, 2.05) is 37.2 Å². The maximum absolute atomic E-state index is 12.3. The molecule has 6 heteroatoms. The second-order valence-electron chi connectivity index (χ2n) is 7.11. The molecule has 2 heterocycles. The van der Waals surface area contributed by atoms with Gasteiger partial charge in [0.25, 0.3) is 0 Å². The van der Waals surface area contributed by atoms with Crippen LogP contribution in [0.1, 0.15) is 38.4 Å². The van der Waals surface area contributed by atoms with Crippen molar-refractivity contribution < 1.29 is 4.79 Å². The molecule has 0 spiro atoms. The van der Waals surface area contributed by atoms with Crippen molar-refractivity contribution in [3.8, 4) is 11.4 Å². The summed E-state index contributed by atoms with van der Waals surface area (Å²) in [5, 5.41) is 3.18. The van der Waals surface area contributed by atoms with Crippen molar-refractivity contribution in [1.82, 2.24) is 20.3 Å². The molecular formula is C19H25N5O. The Morgan fingerprint density at radius 3 is 2.44 bits per heavy atom. The Bertz CT molecular complexity index is 741. The highest BCUT2D eigenvalue weighted by Gasteiger charge is 2.32. The Morgan fingerprint density at radius 2 is 1.88 bits per heavy atom. The predicted octanol–water partition coefficient (Wildman–Crippen LogP) is 2.83. The molecule has 132 valence electrons. The molecule has 0 aliphatic heterocycles. The molecule has 1 amide bonds. The minimum Gasteiger partial charge on any atom is -0.363 e. The summed E-state index contributed by atoms with van der Waals surface area (Å²) < 4.78 is 0. The van der Waals surface area contributed by atoms with Crippen LogP contribution in [0.3, 0.4) is 0 Å². The summed E-state index contributed by atoms with van der Waals surface area (Å²) in [5.41, 5.74) is 1.76. The molecule has 6 nitrogen and oxygen atoms in total. The number of carbonyl (C=O) groups excluding carboxylic acids is 1. The van der Waals surface area contributed by atoms with Crippen LogP contribution in [0.25, 0.3) is 11.4 Å². The van der Waals surface area contributed by atoms with Gasteiger partial charge in [0, 0.05) is 44.0 Å². The zero-order valence-electron chi connectivity index (χ0n) is 15.2. The highest BCUT2D eigenvalue weighted by Crippen LogP contribution is 2.31. The van der Waals surface area contributed by atoms with E-state index in [0.717, 1.165) is 29.9 Å². The van der Waals surface area contributed by atoms with Gasteiger partial charge in [-0.1, -0.05) is 13.8 Å². The summed E-state index contributed by atoms with van der Waals surface area (Å²) in [7, 11) is 3.91. The van der Waals surface area contributed by atoms with Gasteiger partial charge in [-0.25, -0.2) is 9.97 Å². The fraction of sp³-hybridized carbons (Fsp3) is 0.474. The van der Waals surface area contributed by atoms with Crippen molar-refractivity contribution in [2.75, 3.05) is 19.0 Å². The molecular weight excluding hydrogens is 314 g/mol. The topological polar surface area (TPSA) is 71.0 Å². The lowest BCUT2D eigenvalue weighted by molar-refractivity contribution is -0.123. The first kappa shape index (κ1) is 17.3. The lowest BCUT2D eigenvalue weighted by Crippen LogP contribution is -2.33. The number of pyridine rings is 1. The fourth-order valence-corrected chi connectivity index (χ4v) is 2.67. The van der Waals surface area contributed by atoms with E-state index >= 15 is 0 Å². The van der Waals surface area contributed by atoms with Crippen LogP contribution in [-0.4, -0.2) is 35.0 Å². The molecule has 3 rings (SSSR count). The molecule has 1 saturated carbocycles. The van der Waals surface area contributed by atoms with E-state index in [4.69, 9.17) is 4.98 Å². The molecule has 0 aromatic carbocycles. The average molecular weight is 339 g/mol. The van der Waals surface area contributed by atoms with Gasteiger partial charge in [-0.3, -0.25) is 9.78 Å². The van der Waals surface area contributed by atoms with Crippen LogP contribution < -0.4 is 10.2 Å². The number of nitrogens with one attached hydrogen (secondary N) is 1. The average Bonchev–Trinajstić information content (AvgIpc) is 3.44. The van der Waals surface area contributed by atoms with E-state index in [1.54, 1.807) is 12.4 Å². The summed E-state index contributed by atoms with van der Waals surface area (Å²) in [4.78, 5) is 27.7. The number of hydrogen-bond acceptors (Lipinski definition) is 5. The molecule has 0 bridgehead atoms. The molecule has 1 N–H and O–H groups in total. The van der Waals surface area contributed by atoms with E-state index in [2.05, 4.69) is 29.1 Å². The summed E-state index contributed by atoms with van der Waals surface area (Å²) in [5.74, 6) is 2.02. The molecule has 1 aliphatic rings. The summed E-state index contributed by atoms with van der Waals surface area (Å²) in [6.07, 6.45) is 5.45. The standard InChI is InChI=1S/C19H25N5O/c1-12(2)17(23-19(25)14-5-6-14)15-11-16(24(3)4)22-18(21-15)13-7-9-20-10-8-13/h7-12,14,17H,5-6H2,1-4H3,(H,23,25)/t17-/m0/s1. The highest BCUT2D eigenvalue weighted by atomic mass is 16.2. The van der Waals surface area contributed by atoms with Crippen LogP contribution in [0.15, 0.2) is 30.6 Å². The van der Waals surface area contributed by atoms with Gasteiger partial charge in [-0.15, -0.1) is 0 Å². The van der Waals surface area contributed by atoms with Crippen LogP contribution >= 0.6 is 0 Å². The largest absolute Gasteiger partial charge is 0.363 e. The summed E-state index contributed by atoms with van der Waals surface area (Å²) in [6, 6.07) is 5.62. The van der Waals surface area contributed by atoms with E-state index in [0.29, 0.717) is 5.82 Å². The second-order valence-corrected chi connectivity index (χ2v) is 7.11. The Morgan fingerprint density at radius 1 is 1.20 bits per heavy atom. The second kappa shape index (κ2) is 7.17. The van der Waals surface area contributed by atoms with Crippen molar-refractivity contribution >= 4 is 11.7 Å². The molecule has 1 atom stereocenters. The fourth-order valence-electron chi connectivity index (χ4n) is 2.67. The van der Waals surface area contributed by atoms with E-state index in [-0.39, 0.29) is 23.8 Å². The van der Waals surface area contributed by atoms with Gasteiger partial charge >= 0.3 is 0 Å². The zero-order chi connectivity index (χ0) is 18.0. The first-order valence-electron chi connectivity index (χ1n) is 8.72. The molecule has 0 saturated heterocycles. The number of rotatable bonds is 6. The summed E-state index contributed by atoms with van der Waals surface area (Å²) in [6.45, 7) is 4.20. The van der Waals surface area contributed by atoms with E-state index in [1.165, 1.54) is 0 Å². The van der Waals surface area contributed by atoms with Gasteiger partial charge < -0.3 is 10.2 Å². The third-order valence-corrected chi connectivity index (χ3v) is 4.36. The number of amides is 1. The number of hydrogen-bond donors (Lipinski definition) is 1. The number of nitrogens with zero attached hydrogens (tertiary/aromatic N) is 4. The van der Waals surface area contributed by atoms with E-state index in [9.17, 15) is 4.79 Å². The van der Waals surface area contributed by atoms with Crippen LogP contribution in [0.4, 0.5) is 5.82 Å². The number of anilines is 1. The molecule has 25 heavy (non-hydrogen) atoms. The van der Waals surface area contributed by atoms with E-state index < -0.39 is 0 Å². The van der Waals surface area contributed by atoms with Crippen LogP contribution in [0.5, 0.6) is 0 Å². The first-order valence-corrected chi connectivity index (χ1v) is 8.72. The smallest absolute Gasteiger partial charge is 0.223 e. The van der Waals surface area contributed by atoms with Gasteiger partial charge in [-0.2, -0.15) is 0 Å². The quantitative estimate of drug-likeness (QED) is 0.876.